The fourth-order valence-electron chi connectivity index (χ4n) is 3.34. The minimum Gasteiger partial charge on any atom is -0.490 e. The highest BCUT2D eigenvalue weighted by Gasteiger charge is 2.31. The number of quaternary nitrogens is 1. The summed E-state index contributed by atoms with van der Waals surface area (Å²) in [6.45, 7) is 2.63. The molecule has 7 heteroatoms. The molecule has 0 aliphatic carbocycles. The lowest BCUT2D eigenvalue weighted by Gasteiger charge is -2.25. The van der Waals surface area contributed by atoms with Gasteiger partial charge < -0.3 is 25.0 Å². The minimum absolute atomic E-state index is 0.0676. The normalized spacial score (nSPS) is 19.4. The van der Waals surface area contributed by atoms with Gasteiger partial charge in [-0.25, -0.2) is 0 Å². The zero-order valence-electron chi connectivity index (χ0n) is 14.6. The second kappa shape index (κ2) is 8.20. The van der Waals surface area contributed by atoms with E-state index < -0.39 is 0 Å². The van der Waals surface area contributed by atoms with Crippen LogP contribution in [0.25, 0.3) is 0 Å². The first kappa shape index (κ1) is 17.5. The molecule has 1 aromatic rings. The summed E-state index contributed by atoms with van der Waals surface area (Å²) >= 11 is 0. The molecule has 3 N–H and O–H groups in total. The molecule has 2 aliphatic heterocycles. The minimum atomic E-state index is -0.0753. The first-order chi connectivity index (χ1) is 12.2. The van der Waals surface area contributed by atoms with Crippen LogP contribution < -0.4 is 20.1 Å². The fourth-order valence-corrected chi connectivity index (χ4v) is 3.34. The van der Waals surface area contributed by atoms with Crippen molar-refractivity contribution < 1.29 is 24.4 Å². The Morgan fingerprint density at radius 3 is 2.80 bits per heavy atom. The fraction of sp³-hybridized carbons (Fsp3) is 0.556. The van der Waals surface area contributed by atoms with Crippen LogP contribution in [0.3, 0.4) is 0 Å². The Balaban J connectivity index is 1.66. The molecule has 0 saturated carbocycles. The van der Waals surface area contributed by atoms with Crippen LogP contribution >= 0.6 is 0 Å². The van der Waals surface area contributed by atoms with Gasteiger partial charge in [0.25, 0.3) is 11.8 Å². The highest BCUT2D eigenvalue weighted by molar-refractivity contribution is 5.79. The van der Waals surface area contributed by atoms with Crippen molar-refractivity contribution in [3.05, 3.63) is 23.8 Å². The number of carbonyl (C=O) groups excluding carboxylic acids is 2. The number of nitrogens with one attached hydrogen (secondary N) is 1. The quantitative estimate of drug-likeness (QED) is 0.773. The standard InChI is InChI=1S/C18H25N3O4/c1-19-17(22)11-20-12-18(23)21-7-2-4-14(21)13-5-6-15-16(10-13)25-9-3-8-24-15/h5-6,10,14,20H,2-4,7-9,11-12H2,1H3,(H,19,22)/p+1/t14-/m1/s1. The molecular weight excluding hydrogens is 322 g/mol. The molecule has 1 atom stereocenters. The Kier molecular flexibility index (Phi) is 5.75. The molecule has 25 heavy (non-hydrogen) atoms. The zero-order chi connectivity index (χ0) is 17.6. The predicted octanol–water partition coefficient (Wildman–Crippen LogP) is -0.179. The molecule has 2 amide bonds. The van der Waals surface area contributed by atoms with Gasteiger partial charge in [-0.15, -0.1) is 0 Å². The maximum Gasteiger partial charge on any atom is 0.278 e. The van der Waals surface area contributed by atoms with E-state index in [1.54, 1.807) is 12.4 Å². The van der Waals surface area contributed by atoms with Gasteiger partial charge >= 0.3 is 0 Å². The summed E-state index contributed by atoms with van der Waals surface area (Å²) in [5.41, 5.74) is 1.08. The van der Waals surface area contributed by atoms with Gasteiger partial charge in [0.2, 0.25) is 0 Å². The van der Waals surface area contributed by atoms with Crippen LogP contribution in [0, 0.1) is 0 Å². The number of hydrogen-bond donors (Lipinski definition) is 2. The van der Waals surface area contributed by atoms with Crippen molar-refractivity contribution in [3.63, 3.8) is 0 Å². The van der Waals surface area contributed by atoms with Gasteiger partial charge in [0, 0.05) is 20.0 Å². The van der Waals surface area contributed by atoms with Gasteiger partial charge in [0.05, 0.1) is 19.3 Å². The highest BCUT2D eigenvalue weighted by Crippen LogP contribution is 2.37. The van der Waals surface area contributed by atoms with E-state index in [2.05, 4.69) is 5.32 Å². The summed E-state index contributed by atoms with van der Waals surface area (Å²) in [5, 5.41) is 4.30. The largest absolute Gasteiger partial charge is 0.490 e. The molecule has 0 bridgehead atoms. The summed E-state index contributed by atoms with van der Waals surface area (Å²) in [4.78, 5) is 25.7. The van der Waals surface area contributed by atoms with Crippen LogP contribution in [0.1, 0.15) is 30.9 Å². The van der Waals surface area contributed by atoms with Crippen LogP contribution in [-0.2, 0) is 9.59 Å². The van der Waals surface area contributed by atoms with E-state index in [0.29, 0.717) is 13.2 Å². The molecule has 3 rings (SSSR count). The first-order valence-corrected chi connectivity index (χ1v) is 8.90. The van der Waals surface area contributed by atoms with Crippen molar-refractivity contribution in [3.8, 4) is 11.5 Å². The maximum absolute atomic E-state index is 12.5. The smallest absolute Gasteiger partial charge is 0.278 e. The number of amides is 2. The molecular formula is C18H26N3O4+. The molecule has 1 saturated heterocycles. The molecule has 1 aromatic carbocycles. The van der Waals surface area contributed by atoms with Crippen molar-refractivity contribution in [1.29, 1.82) is 0 Å². The van der Waals surface area contributed by atoms with Crippen LogP contribution in [0.2, 0.25) is 0 Å². The van der Waals surface area contributed by atoms with Crippen LogP contribution in [0.5, 0.6) is 11.5 Å². The lowest BCUT2D eigenvalue weighted by Crippen LogP contribution is -2.88. The number of likely N-dealkylation sites (N-methyl/N-ethyl adjacent to an activating group) is 1. The summed E-state index contributed by atoms with van der Waals surface area (Å²) in [5.74, 6) is 1.53. The van der Waals surface area contributed by atoms with Crippen molar-refractivity contribution in [2.24, 2.45) is 0 Å². The van der Waals surface area contributed by atoms with Crippen LogP contribution in [0.15, 0.2) is 18.2 Å². The molecule has 0 unspecified atom stereocenters. The molecule has 2 aliphatic rings. The van der Waals surface area contributed by atoms with Gasteiger partial charge in [-0.05, 0) is 30.5 Å². The average molecular weight is 348 g/mol. The van der Waals surface area contributed by atoms with E-state index in [-0.39, 0.29) is 30.9 Å². The van der Waals surface area contributed by atoms with E-state index in [4.69, 9.17) is 9.47 Å². The Bertz CT molecular complexity index is 635. The van der Waals surface area contributed by atoms with Gasteiger partial charge in [-0.2, -0.15) is 0 Å². The monoisotopic (exact) mass is 348 g/mol. The van der Waals surface area contributed by atoms with Gasteiger partial charge in [0.15, 0.2) is 24.6 Å². The molecule has 136 valence electrons. The van der Waals surface area contributed by atoms with E-state index >= 15 is 0 Å². The number of hydrogen-bond acceptors (Lipinski definition) is 4. The summed E-state index contributed by atoms with van der Waals surface area (Å²) in [6.07, 6.45) is 2.81. The molecule has 0 spiro atoms. The second-order valence-corrected chi connectivity index (χ2v) is 6.37. The molecule has 2 heterocycles. The number of nitrogens with two attached hydrogens (primary N) is 1. The summed E-state index contributed by atoms with van der Waals surface area (Å²) < 4.78 is 11.4. The Morgan fingerprint density at radius 1 is 1.20 bits per heavy atom. The Labute approximate surface area is 147 Å². The van der Waals surface area contributed by atoms with Crippen molar-refractivity contribution in [1.82, 2.24) is 10.2 Å². The van der Waals surface area contributed by atoms with E-state index in [9.17, 15) is 9.59 Å². The van der Waals surface area contributed by atoms with Crippen molar-refractivity contribution >= 4 is 11.8 Å². The third-order valence-corrected chi connectivity index (χ3v) is 4.66. The van der Waals surface area contributed by atoms with Gasteiger partial charge in [-0.1, -0.05) is 6.07 Å². The Morgan fingerprint density at radius 2 is 2.00 bits per heavy atom. The summed E-state index contributed by atoms with van der Waals surface area (Å²) in [7, 11) is 1.60. The van der Waals surface area contributed by atoms with Crippen LogP contribution in [-0.4, -0.2) is 56.6 Å². The van der Waals surface area contributed by atoms with E-state index in [0.717, 1.165) is 42.9 Å². The Hall–Kier alpha value is -2.28. The van der Waals surface area contributed by atoms with Crippen molar-refractivity contribution in [2.75, 3.05) is 39.9 Å². The number of nitrogens with zero attached hydrogens (tertiary/aromatic N) is 1. The van der Waals surface area contributed by atoms with Gasteiger partial charge in [0.1, 0.15) is 0 Å². The SMILES string of the molecule is CNC(=O)C[NH2+]CC(=O)N1CCC[C@@H]1c1ccc2c(c1)OCCCO2. The summed E-state index contributed by atoms with van der Waals surface area (Å²) in [6, 6.07) is 6.04. The third kappa shape index (κ3) is 4.22. The number of rotatable bonds is 5. The maximum atomic E-state index is 12.5. The highest BCUT2D eigenvalue weighted by atomic mass is 16.5. The van der Waals surface area contributed by atoms with E-state index in [1.807, 2.05) is 23.1 Å². The average Bonchev–Trinajstić information content (AvgIpc) is 3.00. The van der Waals surface area contributed by atoms with E-state index in [1.165, 1.54) is 0 Å². The topological polar surface area (TPSA) is 84.5 Å². The van der Waals surface area contributed by atoms with Gasteiger partial charge in [-0.3, -0.25) is 9.59 Å². The molecule has 0 radical (unpaired) electrons. The number of likely N-dealkylation sites (tertiary alicyclic amines) is 1. The lowest BCUT2D eigenvalue weighted by molar-refractivity contribution is -0.633. The van der Waals surface area contributed by atoms with Crippen molar-refractivity contribution in [2.45, 2.75) is 25.3 Å². The molecule has 7 nitrogen and oxygen atoms in total. The van der Waals surface area contributed by atoms with Crippen LogP contribution in [0.4, 0.5) is 0 Å². The lowest BCUT2D eigenvalue weighted by atomic mass is 10.0. The third-order valence-electron chi connectivity index (χ3n) is 4.66. The number of carbonyl (C=O) groups is 2. The first-order valence-electron chi connectivity index (χ1n) is 8.90. The molecule has 0 aromatic heterocycles. The second-order valence-electron chi connectivity index (χ2n) is 6.37. The zero-order valence-corrected chi connectivity index (χ0v) is 14.6. The predicted molar refractivity (Wildman–Crippen MR) is 91.5 cm³/mol. The molecule has 1 fully saturated rings. The number of ether oxygens (including phenoxy) is 2. The number of fused-ring (bicyclic) bond motifs is 1. The number of benzene rings is 1.